The number of nitrogens with zero attached hydrogens (tertiary/aromatic N) is 1. The molecule has 0 saturated carbocycles. The molecule has 0 amide bonds. The van der Waals surface area contributed by atoms with E-state index in [1.165, 1.54) is 58.4 Å². The molecule has 2 rings (SSSR count). The molecule has 2 saturated heterocycles. The van der Waals surface area contributed by atoms with Gasteiger partial charge in [0.1, 0.15) is 0 Å². The molecule has 2 heteroatoms. The van der Waals surface area contributed by atoms with Crippen LogP contribution in [-0.2, 0) is 0 Å². The van der Waals surface area contributed by atoms with Crippen molar-refractivity contribution in [1.29, 1.82) is 0 Å². The maximum absolute atomic E-state index is 3.49. The van der Waals surface area contributed by atoms with Gasteiger partial charge in [0, 0.05) is 13.1 Å². The van der Waals surface area contributed by atoms with Crippen LogP contribution in [0.25, 0.3) is 0 Å². The van der Waals surface area contributed by atoms with Crippen LogP contribution in [0.1, 0.15) is 32.6 Å². The van der Waals surface area contributed by atoms with Gasteiger partial charge in [-0.15, -0.1) is 0 Å². The van der Waals surface area contributed by atoms with Crippen molar-refractivity contribution in [3.05, 3.63) is 0 Å². The average molecular weight is 196 g/mol. The van der Waals surface area contributed by atoms with Gasteiger partial charge in [-0.2, -0.15) is 0 Å². The second kappa shape index (κ2) is 5.13. The van der Waals surface area contributed by atoms with E-state index in [9.17, 15) is 0 Å². The van der Waals surface area contributed by atoms with Gasteiger partial charge in [0.05, 0.1) is 0 Å². The molecule has 14 heavy (non-hydrogen) atoms. The molecule has 2 fully saturated rings. The normalized spacial score (nSPS) is 32.4. The van der Waals surface area contributed by atoms with Gasteiger partial charge in [0.25, 0.3) is 0 Å². The quantitative estimate of drug-likeness (QED) is 0.674. The van der Waals surface area contributed by atoms with Gasteiger partial charge in [0.15, 0.2) is 0 Å². The smallest absolute Gasteiger partial charge is 0.00255 e. The van der Waals surface area contributed by atoms with Gasteiger partial charge in [-0.05, 0) is 37.9 Å². The largest absolute Gasteiger partial charge is 0.316 e. The minimum Gasteiger partial charge on any atom is -0.316 e. The Balaban J connectivity index is 1.60. The van der Waals surface area contributed by atoms with Gasteiger partial charge in [-0.25, -0.2) is 0 Å². The summed E-state index contributed by atoms with van der Waals surface area (Å²) in [4.78, 5) is 2.69. The van der Waals surface area contributed by atoms with E-state index in [0.717, 1.165) is 11.8 Å². The van der Waals surface area contributed by atoms with E-state index in [4.69, 9.17) is 0 Å². The third-order valence-corrected chi connectivity index (χ3v) is 3.79. The summed E-state index contributed by atoms with van der Waals surface area (Å²) in [6.45, 7) is 8.92. The Labute approximate surface area is 88.1 Å². The number of rotatable bonds is 5. The van der Waals surface area contributed by atoms with Crippen LogP contribution in [-0.4, -0.2) is 37.6 Å². The first-order valence-electron chi connectivity index (χ1n) is 6.33. The summed E-state index contributed by atoms with van der Waals surface area (Å²) >= 11 is 0. The average Bonchev–Trinajstić information content (AvgIpc) is 2.72. The molecule has 2 aliphatic rings. The predicted octanol–water partition coefficient (Wildman–Crippen LogP) is 1.72. The number of likely N-dealkylation sites (tertiary alicyclic amines) is 1. The Kier molecular flexibility index (Phi) is 3.82. The molecule has 1 N–H and O–H groups in total. The van der Waals surface area contributed by atoms with Crippen molar-refractivity contribution in [2.24, 2.45) is 11.8 Å². The highest BCUT2D eigenvalue weighted by Gasteiger charge is 2.35. The Bertz CT molecular complexity index is 158. The topological polar surface area (TPSA) is 15.3 Å². The van der Waals surface area contributed by atoms with Gasteiger partial charge in [-0.1, -0.05) is 26.2 Å². The van der Waals surface area contributed by atoms with Crippen LogP contribution >= 0.6 is 0 Å². The van der Waals surface area contributed by atoms with Crippen molar-refractivity contribution in [1.82, 2.24) is 10.2 Å². The molecule has 82 valence electrons. The number of fused-ring (bicyclic) bond motifs is 1. The van der Waals surface area contributed by atoms with E-state index in [0.29, 0.717) is 0 Å². The maximum Gasteiger partial charge on any atom is 0.00255 e. The van der Waals surface area contributed by atoms with Crippen LogP contribution in [0.3, 0.4) is 0 Å². The highest BCUT2D eigenvalue weighted by atomic mass is 15.2. The molecular formula is C12H24N2. The van der Waals surface area contributed by atoms with Crippen molar-refractivity contribution in [2.75, 3.05) is 32.7 Å². The van der Waals surface area contributed by atoms with Crippen LogP contribution in [0.4, 0.5) is 0 Å². The molecule has 0 bridgehead atoms. The minimum absolute atomic E-state index is 0.973. The van der Waals surface area contributed by atoms with Crippen LogP contribution < -0.4 is 5.32 Å². The van der Waals surface area contributed by atoms with E-state index >= 15 is 0 Å². The summed E-state index contributed by atoms with van der Waals surface area (Å²) in [7, 11) is 0. The summed E-state index contributed by atoms with van der Waals surface area (Å²) in [6.07, 6.45) is 5.62. The Morgan fingerprint density at radius 1 is 1.07 bits per heavy atom. The second-order valence-electron chi connectivity index (χ2n) is 5.00. The zero-order valence-corrected chi connectivity index (χ0v) is 9.47. The molecule has 2 heterocycles. The van der Waals surface area contributed by atoms with Crippen LogP contribution in [0, 0.1) is 11.8 Å². The van der Waals surface area contributed by atoms with E-state index < -0.39 is 0 Å². The monoisotopic (exact) mass is 196 g/mol. The van der Waals surface area contributed by atoms with Gasteiger partial charge in [-0.3, -0.25) is 0 Å². The lowest BCUT2D eigenvalue weighted by Gasteiger charge is -2.16. The molecule has 0 aliphatic carbocycles. The summed E-state index contributed by atoms with van der Waals surface area (Å²) in [5, 5.41) is 3.49. The van der Waals surface area contributed by atoms with E-state index in [-0.39, 0.29) is 0 Å². The number of unbranched alkanes of at least 4 members (excludes halogenated alkanes) is 3. The molecule has 0 radical (unpaired) electrons. The third kappa shape index (κ3) is 2.48. The van der Waals surface area contributed by atoms with Crippen molar-refractivity contribution >= 4 is 0 Å². The molecule has 0 aromatic carbocycles. The van der Waals surface area contributed by atoms with Crippen molar-refractivity contribution < 1.29 is 0 Å². The lowest BCUT2D eigenvalue weighted by molar-refractivity contribution is 0.305. The fourth-order valence-electron chi connectivity index (χ4n) is 2.90. The lowest BCUT2D eigenvalue weighted by atomic mass is 10.0. The number of hydrogen-bond acceptors (Lipinski definition) is 2. The zero-order chi connectivity index (χ0) is 9.80. The van der Waals surface area contributed by atoms with Gasteiger partial charge >= 0.3 is 0 Å². The summed E-state index contributed by atoms with van der Waals surface area (Å²) < 4.78 is 0. The lowest BCUT2D eigenvalue weighted by Crippen LogP contribution is -2.26. The molecule has 0 unspecified atom stereocenters. The first-order chi connectivity index (χ1) is 6.90. The summed E-state index contributed by atoms with van der Waals surface area (Å²) in [5.41, 5.74) is 0. The fraction of sp³-hybridized carbons (Fsp3) is 1.00. The van der Waals surface area contributed by atoms with Crippen molar-refractivity contribution in [2.45, 2.75) is 32.6 Å². The Morgan fingerprint density at radius 2 is 1.79 bits per heavy atom. The van der Waals surface area contributed by atoms with E-state index in [1.807, 2.05) is 0 Å². The number of hydrogen-bond donors (Lipinski definition) is 1. The predicted molar refractivity (Wildman–Crippen MR) is 60.4 cm³/mol. The molecule has 0 spiro atoms. The molecule has 0 aromatic heterocycles. The highest BCUT2D eigenvalue weighted by Crippen LogP contribution is 2.26. The number of nitrogens with one attached hydrogen (secondary N) is 1. The maximum atomic E-state index is 3.49. The molecule has 2 aliphatic heterocycles. The summed E-state index contributed by atoms with van der Waals surface area (Å²) in [5.74, 6) is 1.95. The molecule has 2 atom stereocenters. The van der Waals surface area contributed by atoms with Crippen LogP contribution in [0.5, 0.6) is 0 Å². The molecule has 0 aromatic rings. The van der Waals surface area contributed by atoms with E-state index in [2.05, 4.69) is 17.1 Å². The van der Waals surface area contributed by atoms with Gasteiger partial charge in [0.2, 0.25) is 0 Å². The van der Waals surface area contributed by atoms with Crippen LogP contribution in [0.2, 0.25) is 0 Å². The van der Waals surface area contributed by atoms with Crippen LogP contribution in [0.15, 0.2) is 0 Å². The second-order valence-corrected chi connectivity index (χ2v) is 5.00. The standard InChI is InChI=1S/C12H24N2/c1-2-3-4-5-6-14-9-11-7-13-8-12(11)10-14/h11-13H,2-10H2,1H3/t11-,12+. The minimum atomic E-state index is 0.973. The first kappa shape index (κ1) is 10.4. The zero-order valence-electron chi connectivity index (χ0n) is 9.47. The highest BCUT2D eigenvalue weighted by molar-refractivity contribution is 4.90. The SMILES string of the molecule is CCCCCCN1C[C@H]2CNC[C@H]2C1. The molecule has 2 nitrogen and oxygen atoms in total. The van der Waals surface area contributed by atoms with Crippen molar-refractivity contribution in [3.63, 3.8) is 0 Å². The first-order valence-corrected chi connectivity index (χ1v) is 6.33. The van der Waals surface area contributed by atoms with Crippen molar-refractivity contribution in [3.8, 4) is 0 Å². The Morgan fingerprint density at radius 3 is 2.43 bits per heavy atom. The van der Waals surface area contributed by atoms with Gasteiger partial charge < -0.3 is 10.2 Å². The van der Waals surface area contributed by atoms with E-state index in [1.54, 1.807) is 0 Å². The molecular weight excluding hydrogens is 172 g/mol. The Hall–Kier alpha value is -0.0800. The fourth-order valence-corrected chi connectivity index (χ4v) is 2.90. The summed E-state index contributed by atoms with van der Waals surface area (Å²) in [6, 6.07) is 0. The third-order valence-electron chi connectivity index (χ3n) is 3.79.